The minimum Gasteiger partial charge on any atom is -0.399 e. The second-order valence-electron chi connectivity index (χ2n) is 3.86. The molecule has 5 heteroatoms. The Labute approximate surface area is 107 Å². The number of hydrogen-bond donors (Lipinski definition) is 2. The molecule has 0 saturated heterocycles. The summed E-state index contributed by atoms with van der Waals surface area (Å²) >= 11 is 0. The van der Waals surface area contributed by atoms with Crippen LogP contribution in [0.1, 0.15) is 13.3 Å². The van der Waals surface area contributed by atoms with Gasteiger partial charge < -0.3 is 16.0 Å². The van der Waals surface area contributed by atoms with Gasteiger partial charge >= 0.3 is 0 Å². The van der Waals surface area contributed by atoms with Gasteiger partial charge in [0.05, 0.1) is 19.0 Å². The molecule has 0 heterocycles. The van der Waals surface area contributed by atoms with E-state index in [4.69, 9.17) is 11.0 Å². The predicted molar refractivity (Wildman–Crippen MR) is 72.0 cm³/mol. The van der Waals surface area contributed by atoms with Crippen LogP contribution in [0.25, 0.3) is 0 Å². The minimum atomic E-state index is -0.0797. The number of hydrogen-bond acceptors (Lipinski definition) is 4. The number of amides is 1. The number of carbonyl (C=O) groups excluding carboxylic acids is 1. The Morgan fingerprint density at radius 2 is 2.11 bits per heavy atom. The monoisotopic (exact) mass is 246 g/mol. The van der Waals surface area contributed by atoms with E-state index in [1.807, 2.05) is 42.2 Å². The van der Waals surface area contributed by atoms with Crippen LogP contribution in [0, 0.1) is 11.3 Å². The standard InChI is InChI=1S/C13H18N4O/c1-2-17(10-13(18)16-9-3-8-14)12-6-4-11(15)5-7-12/h4-7H,2-3,9-10,15H2,1H3,(H,16,18). The molecule has 1 rings (SSSR count). The van der Waals surface area contributed by atoms with E-state index >= 15 is 0 Å². The summed E-state index contributed by atoms with van der Waals surface area (Å²) < 4.78 is 0. The predicted octanol–water partition coefficient (Wildman–Crippen LogP) is 1.12. The number of nitrogen functional groups attached to an aromatic ring is 1. The van der Waals surface area contributed by atoms with Gasteiger partial charge in [0, 0.05) is 24.5 Å². The van der Waals surface area contributed by atoms with E-state index in [1.165, 1.54) is 0 Å². The molecule has 0 radical (unpaired) electrons. The molecule has 96 valence electrons. The highest BCUT2D eigenvalue weighted by molar-refractivity contribution is 5.81. The van der Waals surface area contributed by atoms with Crippen LogP contribution in [0.2, 0.25) is 0 Å². The van der Waals surface area contributed by atoms with Crippen LogP contribution in [-0.4, -0.2) is 25.5 Å². The minimum absolute atomic E-state index is 0.0797. The zero-order valence-electron chi connectivity index (χ0n) is 10.5. The van der Waals surface area contributed by atoms with Crippen molar-refractivity contribution in [2.45, 2.75) is 13.3 Å². The molecule has 0 unspecified atom stereocenters. The van der Waals surface area contributed by atoms with Crippen LogP contribution in [0.5, 0.6) is 0 Å². The van der Waals surface area contributed by atoms with Gasteiger partial charge in [-0.1, -0.05) is 0 Å². The van der Waals surface area contributed by atoms with Crippen molar-refractivity contribution in [3.8, 4) is 6.07 Å². The van der Waals surface area contributed by atoms with Crippen molar-refractivity contribution in [3.63, 3.8) is 0 Å². The van der Waals surface area contributed by atoms with Crippen LogP contribution >= 0.6 is 0 Å². The highest BCUT2D eigenvalue weighted by Gasteiger charge is 2.09. The lowest BCUT2D eigenvalue weighted by Crippen LogP contribution is -2.37. The van der Waals surface area contributed by atoms with Crippen molar-refractivity contribution in [2.75, 3.05) is 30.3 Å². The van der Waals surface area contributed by atoms with Crippen molar-refractivity contribution in [1.82, 2.24) is 5.32 Å². The molecular formula is C13H18N4O. The molecule has 0 aromatic heterocycles. The van der Waals surface area contributed by atoms with Crippen molar-refractivity contribution in [2.24, 2.45) is 0 Å². The molecule has 3 N–H and O–H groups in total. The van der Waals surface area contributed by atoms with Crippen molar-refractivity contribution in [1.29, 1.82) is 5.26 Å². The number of likely N-dealkylation sites (N-methyl/N-ethyl adjacent to an activating group) is 1. The Bertz CT molecular complexity index is 422. The Balaban J connectivity index is 2.54. The fourth-order valence-corrected chi connectivity index (χ4v) is 1.56. The van der Waals surface area contributed by atoms with Crippen LogP contribution in [0.4, 0.5) is 11.4 Å². The first-order chi connectivity index (χ1) is 8.67. The lowest BCUT2D eigenvalue weighted by atomic mass is 10.2. The van der Waals surface area contributed by atoms with E-state index in [0.29, 0.717) is 18.7 Å². The average Bonchev–Trinajstić information content (AvgIpc) is 2.37. The number of benzene rings is 1. The fourth-order valence-electron chi connectivity index (χ4n) is 1.56. The van der Waals surface area contributed by atoms with E-state index in [9.17, 15) is 4.79 Å². The molecule has 1 amide bonds. The number of nitrogens with one attached hydrogen (secondary N) is 1. The van der Waals surface area contributed by atoms with Gasteiger partial charge in [-0.3, -0.25) is 4.79 Å². The van der Waals surface area contributed by atoms with Crippen molar-refractivity contribution >= 4 is 17.3 Å². The third kappa shape index (κ3) is 4.34. The molecule has 0 saturated carbocycles. The van der Waals surface area contributed by atoms with E-state index in [0.717, 1.165) is 12.2 Å². The Hall–Kier alpha value is -2.22. The lowest BCUT2D eigenvalue weighted by molar-refractivity contribution is -0.119. The number of carbonyl (C=O) groups is 1. The summed E-state index contributed by atoms with van der Waals surface area (Å²) in [6.45, 7) is 3.40. The van der Waals surface area contributed by atoms with Gasteiger partial charge in [-0.25, -0.2) is 0 Å². The lowest BCUT2D eigenvalue weighted by Gasteiger charge is -2.22. The zero-order valence-corrected chi connectivity index (χ0v) is 10.5. The van der Waals surface area contributed by atoms with Gasteiger partial charge in [-0.15, -0.1) is 0 Å². The van der Waals surface area contributed by atoms with Gasteiger partial charge in [0.15, 0.2) is 0 Å². The SMILES string of the molecule is CCN(CC(=O)NCCC#N)c1ccc(N)cc1. The van der Waals surface area contributed by atoms with Gasteiger partial charge in [0.1, 0.15) is 0 Å². The average molecular weight is 246 g/mol. The molecule has 0 aliphatic heterocycles. The topological polar surface area (TPSA) is 82.2 Å². The highest BCUT2D eigenvalue weighted by Crippen LogP contribution is 2.15. The maximum atomic E-state index is 11.6. The first kappa shape index (κ1) is 13.8. The molecule has 0 atom stereocenters. The van der Waals surface area contributed by atoms with Gasteiger partial charge in [0.2, 0.25) is 5.91 Å². The Kier molecular flexibility index (Phi) is 5.52. The summed E-state index contributed by atoms with van der Waals surface area (Å²) in [5.41, 5.74) is 7.28. The summed E-state index contributed by atoms with van der Waals surface area (Å²) in [5.74, 6) is -0.0797. The molecular weight excluding hydrogens is 228 g/mol. The van der Waals surface area contributed by atoms with Crippen molar-refractivity contribution < 1.29 is 4.79 Å². The molecule has 0 aliphatic carbocycles. The number of nitrogens with two attached hydrogens (primary N) is 1. The largest absolute Gasteiger partial charge is 0.399 e. The Morgan fingerprint density at radius 3 is 2.67 bits per heavy atom. The van der Waals surface area contributed by atoms with Crippen LogP contribution in [-0.2, 0) is 4.79 Å². The maximum absolute atomic E-state index is 11.6. The normalized spacial score (nSPS) is 9.56. The van der Waals surface area contributed by atoms with Gasteiger partial charge in [-0.05, 0) is 31.2 Å². The third-order valence-corrected chi connectivity index (χ3v) is 2.53. The molecule has 0 aliphatic rings. The zero-order chi connectivity index (χ0) is 13.4. The van der Waals surface area contributed by atoms with Crippen LogP contribution in [0.3, 0.4) is 0 Å². The molecule has 1 aromatic carbocycles. The molecule has 5 nitrogen and oxygen atoms in total. The second kappa shape index (κ2) is 7.17. The number of nitrogens with zero attached hydrogens (tertiary/aromatic N) is 2. The molecule has 18 heavy (non-hydrogen) atoms. The molecule has 1 aromatic rings. The van der Waals surface area contributed by atoms with Crippen LogP contribution < -0.4 is 16.0 Å². The summed E-state index contributed by atoms with van der Waals surface area (Å²) in [4.78, 5) is 13.6. The first-order valence-electron chi connectivity index (χ1n) is 5.91. The summed E-state index contributed by atoms with van der Waals surface area (Å²) in [6, 6.07) is 9.39. The van der Waals surface area contributed by atoms with E-state index in [1.54, 1.807) is 0 Å². The first-order valence-corrected chi connectivity index (χ1v) is 5.91. The van der Waals surface area contributed by atoms with Gasteiger partial charge in [-0.2, -0.15) is 5.26 Å². The molecule has 0 bridgehead atoms. The fraction of sp³-hybridized carbons (Fsp3) is 0.385. The van der Waals surface area contributed by atoms with Crippen molar-refractivity contribution in [3.05, 3.63) is 24.3 Å². The quantitative estimate of drug-likeness (QED) is 0.582. The summed E-state index contributed by atoms with van der Waals surface area (Å²) in [7, 11) is 0. The Morgan fingerprint density at radius 1 is 1.44 bits per heavy atom. The number of rotatable bonds is 6. The smallest absolute Gasteiger partial charge is 0.239 e. The summed E-state index contributed by atoms with van der Waals surface area (Å²) in [6.07, 6.45) is 0.333. The number of nitriles is 1. The van der Waals surface area contributed by atoms with E-state index in [-0.39, 0.29) is 12.5 Å². The van der Waals surface area contributed by atoms with E-state index in [2.05, 4.69) is 5.32 Å². The van der Waals surface area contributed by atoms with E-state index < -0.39 is 0 Å². The summed E-state index contributed by atoms with van der Waals surface area (Å²) in [5, 5.41) is 11.1. The third-order valence-electron chi connectivity index (χ3n) is 2.53. The number of anilines is 2. The highest BCUT2D eigenvalue weighted by atomic mass is 16.2. The molecule has 0 spiro atoms. The second-order valence-corrected chi connectivity index (χ2v) is 3.86. The molecule has 0 fully saturated rings. The van der Waals surface area contributed by atoms with Crippen LogP contribution in [0.15, 0.2) is 24.3 Å². The van der Waals surface area contributed by atoms with Gasteiger partial charge in [0.25, 0.3) is 0 Å². The maximum Gasteiger partial charge on any atom is 0.239 e.